The number of anilines is 1. The van der Waals surface area contributed by atoms with Gasteiger partial charge in [-0.25, -0.2) is 0 Å². The quantitative estimate of drug-likeness (QED) is 0.661. The van der Waals surface area contributed by atoms with Gasteiger partial charge in [0, 0.05) is 23.8 Å². The lowest BCUT2D eigenvalue weighted by Crippen LogP contribution is -2.35. The van der Waals surface area contributed by atoms with Gasteiger partial charge in [0.15, 0.2) is 0 Å². The number of carbonyl (C=O) groups is 2. The molecule has 122 valence electrons. The normalized spacial score (nSPS) is 20.4. The van der Waals surface area contributed by atoms with Gasteiger partial charge >= 0.3 is 0 Å². The molecule has 1 aliphatic rings. The number of aliphatic hydroxyl groups is 1. The fourth-order valence-corrected chi connectivity index (χ4v) is 2.20. The van der Waals surface area contributed by atoms with Crippen LogP contribution in [0.3, 0.4) is 0 Å². The highest BCUT2D eigenvalue weighted by atomic mass is 35.5. The molecule has 7 heteroatoms. The Hall–Kier alpha value is -1.63. The third kappa shape index (κ3) is 4.98. The molecular weight excluding hydrogens is 306 g/mol. The van der Waals surface area contributed by atoms with Gasteiger partial charge in [-0.3, -0.25) is 9.59 Å². The Balaban J connectivity index is 0.00000242. The molecule has 1 fully saturated rings. The predicted molar refractivity (Wildman–Crippen MR) is 87.3 cm³/mol. The highest BCUT2D eigenvalue weighted by Gasteiger charge is 2.27. The first kappa shape index (κ1) is 18.4. The number of β-amino-alcohol motifs (C(OH)–C–C–N with tert-alkyl or cyclic N) is 1. The first-order valence-corrected chi connectivity index (χ1v) is 7.09. The Labute approximate surface area is 136 Å². The first-order chi connectivity index (χ1) is 9.95. The van der Waals surface area contributed by atoms with Crippen LogP contribution in [0.5, 0.6) is 0 Å². The second-order valence-electron chi connectivity index (χ2n) is 5.55. The van der Waals surface area contributed by atoms with Crippen molar-refractivity contribution in [2.75, 3.05) is 11.9 Å². The highest BCUT2D eigenvalue weighted by molar-refractivity contribution is 5.97. The van der Waals surface area contributed by atoms with Crippen LogP contribution in [-0.2, 0) is 4.79 Å². The van der Waals surface area contributed by atoms with E-state index in [1.54, 1.807) is 24.3 Å². The average Bonchev–Trinajstić information content (AvgIpc) is 2.85. The van der Waals surface area contributed by atoms with Crippen LogP contribution in [0, 0.1) is 0 Å². The third-order valence-electron chi connectivity index (χ3n) is 3.26. The van der Waals surface area contributed by atoms with E-state index in [1.165, 1.54) is 0 Å². The molecule has 2 rings (SSSR count). The van der Waals surface area contributed by atoms with Crippen molar-refractivity contribution < 1.29 is 14.7 Å². The Bertz CT molecular complexity index is 519. The summed E-state index contributed by atoms with van der Waals surface area (Å²) in [6.45, 7) is 4.23. The van der Waals surface area contributed by atoms with Crippen LogP contribution in [0.2, 0.25) is 0 Å². The van der Waals surface area contributed by atoms with Crippen LogP contribution in [0.4, 0.5) is 5.69 Å². The van der Waals surface area contributed by atoms with Crippen molar-refractivity contribution in [3.8, 4) is 0 Å². The van der Waals surface area contributed by atoms with Crippen molar-refractivity contribution in [2.24, 2.45) is 0 Å². The molecule has 22 heavy (non-hydrogen) atoms. The Morgan fingerprint density at radius 3 is 2.41 bits per heavy atom. The van der Waals surface area contributed by atoms with Crippen molar-refractivity contribution in [1.29, 1.82) is 0 Å². The van der Waals surface area contributed by atoms with E-state index >= 15 is 0 Å². The molecule has 1 aromatic carbocycles. The summed E-state index contributed by atoms with van der Waals surface area (Å²) in [5.41, 5.74) is 1.18. The number of halogens is 1. The molecule has 1 heterocycles. The summed E-state index contributed by atoms with van der Waals surface area (Å²) in [6, 6.07) is 6.44. The highest BCUT2D eigenvalue weighted by Crippen LogP contribution is 2.13. The van der Waals surface area contributed by atoms with Crippen molar-refractivity contribution in [3.63, 3.8) is 0 Å². The molecule has 2 amide bonds. The van der Waals surface area contributed by atoms with Gasteiger partial charge in [-0.2, -0.15) is 0 Å². The summed E-state index contributed by atoms with van der Waals surface area (Å²) >= 11 is 0. The fourth-order valence-electron chi connectivity index (χ4n) is 2.20. The number of amides is 2. The van der Waals surface area contributed by atoms with E-state index in [-0.39, 0.29) is 36.3 Å². The summed E-state index contributed by atoms with van der Waals surface area (Å²) in [5.74, 6) is -0.311. The van der Waals surface area contributed by atoms with Gasteiger partial charge in [-0.15, -0.1) is 12.4 Å². The lowest BCUT2D eigenvalue weighted by molar-refractivity contribution is -0.117. The van der Waals surface area contributed by atoms with Crippen LogP contribution < -0.4 is 16.0 Å². The number of nitrogens with one attached hydrogen (secondary N) is 3. The molecule has 0 radical (unpaired) electrons. The van der Waals surface area contributed by atoms with Crippen LogP contribution >= 0.6 is 12.4 Å². The van der Waals surface area contributed by atoms with Gasteiger partial charge in [0.2, 0.25) is 5.91 Å². The number of hydrogen-bond acceptors (Lipinski definition) is 4. The molecule has 4 N–H and O–H groups in total. The van der Waals surface area contributed by atoms with Gasteiger partial charge < -0.3 is 21.1 Å². The van der Waals surface area contributed by atoms with E-state index in [0.29, 0.717) is 24.2 Å². The van der Waals surface area contributed by atoms with E-state index in [9.17, 15) is 14.7 Å². The molecule has 0 aliphatic carbocycles. The zero-order valence-electron chi connectivity index (χ0n) is 12.6. The van der Waals surface area contributed by atoms with Crippen LogP contribution in [0.1, 0.15) is 30.6 Å². The Morgan fingerprint density at radius 1 is 1.27 bits per heavy atom. The second kappa shape index (κ2) is 8.12. The van der Waals surface area contributed by atoms with Crippen molar-refractivity contribution in [3.05, 3.63) is 29.8 Å². The fraction of sp³-hybridized carbons (Fsp3) is 0.467. The molecule has 1 aromatic rings. The third-order valence-corrected chi connectivity index (χ3v) is 3.26. The minimum Gasteiger partial charge on any atom is -0.392 e. The molecular formula is C15H22ClN3O3. The average molecular weight is 328 g/mol. The first-order valence-electron chi connectivity index (χ1n) is 7.09. The standard InChI is InChI=1S/C15H21N3O3.ClH/c1-9(2)17-14(20)10-3-5-11(6-4-10)18-15(21)13-7-12(19)8-16-13;/h3-6,9,12-13,16,19H,7-8H2,1-2H3,(H,17,20)(H,18,21);1H. The van der Waals surface area contributed by atoms with Gasteiger partial charge in [0.25, 0.3) is 5.91 Å². The van der Waals surface area contributed by atoms with Gasteiger partial charge in [-0.1, -0.05) is 0 Å². The molecule has 1 aliphatic heterocycles. The smallest absolute Gasteiger partial charge is 0.251 e. The molecule has 6 nitrogen and oxygen atoms in total. The molecule has 0 bridgehead atoms. The Morgan fingerprint density at radius 2 is 1.91 bits per heavy atom. The second-order valence-corrected chi connectivity index (χ2v) is 5.55. The molecule has 0 aromatic heterocycles. The molecule has 2 atom stereocenters. The topological polar surface area (TPSA) is 90.5 Å². The number of benzene rings is 1. The van der Waals surface area contributed by atoms with Gasteiger partial charge in [0.1, 0.15) is 0 Å². The van der Waals surface area contributed by atoms with Gasteiger partial charge in [0.05, 0.1) is 12.1 Å². The van der Waals surface area contributed by atoms with Crippen molar-refractivity contribution in [1.82, 2.24) is 10.6 Å². The summed E-state index contributed by atoms with van der Waals surface area (Å²) in [7, 11) is 0. The summed E-state index contributed by atoms with van der Waals surface area (Å²) in [6.07, 6.45) is -0.0522. The summed E-state index contributed by atoms with van der Waals surface area (Å²) in [4.78, 5) is 23.8. The number of rotatable bonds is 4. The Kier molecular flexibility index (Phi) is 6.80. The summed E-state index contributed by atoms with van der Waals surface area (Å²) < 4.78 is 0. The molecule has 0 saturated carbocycles. The largest absolute Gasteiger partial charge is 0.392 e. The lowest BCUT2D eigenvalue weighted by atomic mass is 10.1. The number of aliphatic hydroxyl groups excluding tert-OH is 1. The minimum absolute atomic E-state index is 0. The zero-order chi connectivity index (χ0) is 15.4. The summed E-state index contributed by atoms with van der Waals surface area (Å²) in [5, 5.41) is 17.9. The van der Waals surface area contributed by atoms with Crippen LogP contribution in [0.25, 0.3) is 0 Å². The predicted octanol–water partition coefficient (Wildman–Crippen LogP) is 0.908. The zero-order valence-corrected chi connectivity index (χ0v) is 13.4. The van der Waals surface area contributed by atoms with E-state index < -0.39 is 6.10 Å². The lowest BCUT2D eigenvalue weighted by Gasteiger charge is -2.12. The monoisotopic (exact) mass is 327 g/mol. The molecule has 1 saturated heterocycles. The maximum absolute atomic E-state index is 12.0. The number of carbonyl (C=O) groups excluding carboxylic acids is 2. The van der Waals surface area contributed by atoms with E-state index in [0.717, 1.165) is 0 Å². The maximum atomic E-state index is 12.0. The van der Waals surface area contributed by atoms with Crippen molar-refractivity contribution in [2.45, 2.75) is 38.5 Å². The van der Waals surface area contributed by atoms with E-state index in [1.807, 2.05) is 13.8 Å². The molecule has 2 unspecified atom stereocenters. The number of hydrogen-bond donors (Lipinski definition) is 4. The van der Waals surface area contributed by atoms with Crippen LogP contribution in [0.15, 0.2) is 24.3 Å². The van der Waals surface area contributed by atoms with Crippen LogP contribution in [-0.4, -0.2) is 41.7 Å². The minimum atomic E-state index is -0.470. The molecule has 0 spiro atoms. The SMILES string of the molecule is CC(C)NC(=O)c1ccc(NC(=O)C2CC(O)CN2)cc1.Cl. The van der Waals surface area contributed by atoms with Crippen molar-refractivity contribution >= 4 is 29.9 Å². The van der Waals surface area contributed by atoms with Gasteiger partial charge in [-0.05, 0) is 44.5 Å². The maximum Gasteiger partial charge on any atom is 0.251 e. The van der Waals surface area contributed by atoms with E-state index in [2.05, 4.69) is 16.0 Å². The van der Waals surface area contributed by atoms with E-state index in [4.69, 9.17) is 0 Å².